The first-order valence-corrected chi connectivity index (χ1v) is 8.36. The van der Waals surface area contributed by atoms with Crippen LogP contribution in [0.3, 0.4) is 0 Å². The van der Waals surface area contributed by atoms with Crippen LogP contribution in [0.2, 0.25) is 0 Å². The van der Waals surface area contributed by atoms with Crippen LogP contribution < -0.4 is 0 Å². The van der Waals surface area contributed by atoms with Gasteiger partial charge in [0.25, 0.3) is 0 Å². The normalized spacial score (nSPS) is 32.9. The van der Waals surface area contributed by atoms with Crippen LogP contribution in [0.15, 0.2) is 24.3 Å². The lowest BCUT2D eigenvalue weighted by atomic mass is 10.0. The van der Waals surface area contributed by atoms with E-state index >= 15 is 0 Å². The summed E-state index contributed by atoms with van der Waals surface area (Å²) in [4.78, 5) is 3.49. The van der Waals surface area contributed by atoms with Gasteiger partial charge in [-0.2, -0.15) is 0 Å². The maximum atomic E-state index is 3.80. The maximum Gasteiger partial charge on any atom is 0.0239 e. The standard InChI is InChI=1S/C14H17BrIN/c15-11-7-13-5-6-14(8-11)17(13)9-10-1-3-12(16)4-2-10/h1-4,11,13-14H,5-9H2. The van der Waals surface area contributed by atoms with Gasteiger partial charge in [0.05, 0.1) is 0 Å². The summed E-state index contributed by atoms with van der Waals surface area (Å²) < 4.78 is 1.33. The van der Waals surface area contributed by atoms with Crippen LogP contribution >= 0.6 is 38.5 Å². The van der Waals surface area contributed by atoms with Gasteiger partial charge in [-0.25, -0.2) is 0 Å². The van der Waals surface area contributed by atoms with Crippen LogP contribution in [0.5, 0.6) is 0 Å². The average molecular weight is 406 g/mol. The van der Waals surface area contributed by atoms with Crippen LogP contribution in [0, 0.1) is 3.57 Å². The zero-order chi connectivity index (χ0) is 11.8. The second-order valence-corrected chi connectivity index (χ2v) is 7.79. The van der Waals surface area contributed by atoms with E-state index < -0.39 is 0 Å². The van der Waals surface area contributed by atoms with Crippen LogP contribution in [0.4, 0.5) is 0 Å². The van der Waals surface area contributed by atoms with Crippen molar-refractivity contribution in [3.8, 4) is 0 Å². The number of benzene rings is 1. The number of fused-ring (bicyclic) bond motifs is 2. The highest BCUT2D eigenvalue weighted by Gasteiger charge is 2.39. The fourth-order valence-electron chi connectivity index (χ4n) is 3.27. The summed E-state index contributed by atoms with van der Waals surface area (Å²) in [6.45, 7) is 1.14. The summed E-state index contributed by atoms with van der Waals surface area (Å²) in [5.74, 6) is 0. The van der Waals surface area contributed by atoms with Gasteiger partial charge in [-0.05, 0) is 66.0 Å². The van der Waals surface area contributed by atoms with Crippen molar-refractivity contribution < 1.29 is 0 Å². The largest absolute Gasteiger partial charge is 0.293 e. The molecule has 2 saturated heterocycles. The molecule has 0 saturated carbocycles. The highest BCUT2D eigenvalue weighted by atomic mass is 127. The van der Waals surface area contributed by atoms with E-state index in [1.54, 1.807) is 0 Å². The van der Waals surface area contributed by atoms with Gasteiger partial charge < -0.3 is 0 Å². The van der Waals surface area contributed by atoms with Crippen molar-refractivity contribution in [2.45, 2.75) is 49.1 Å². The lowest BCUT2D eigenvalue weighted by molar-refractivity contribution is 0.137. The van der Waals surface area contributed by atoms with E-state index in [9.17, 15) is 0 Å². The molecule has 2 fully saturated rings. The minimum atomic E-state index is 0.757. The third kappa shape index (κ3) is 2.71. The van der Waals surface area contributed by atoms with E-state index in [2.05, 4.69) is 67.7 Å². The van der Waals surface area contributed by atoms with Gasteiger partial charge in [0.15, 0.2) is 0 Å². The minimum Gasteiger partial charge on any atom is -0.293 e. The number of nitrogens with zero attached hydrogens (tertiary/aromatic N) is 1. The SMILES string of the molecule is BrC1CC2CCC(C1)N2Cc1ccc(I)cc1. The number of rotatable bonds is 2. The summed E-state index contributed by atoms with van der Waals surface area (Å²) in [5.41, 5.74) is 1.47. The molecule has 0 aromatic heterocycles. The van der Waals surface area contributed by atoms with E-state index in [4.69, 9.17) is 0 Å². The highest BCUT2D eigenvalue weighted by molar-refractivity contribution is 14.1. The van der Waals surface area contributed by atoms with E-state index in [-0.39, 0.29) is 0 Å². The summed E-state index contributed by atoms with van der Waals surface area (Å²) >= 11 is 6.17. The fraction of sp³-hybridized carbons (Fsp3) is 0.571. The molecule has 2 bridgehead atoms. The number of alkyl halides is 1. The lowest BCUT2D eigenvalue weighted by Crippen LogP contribution is -2.42. The molecule has 3 rings (SSSR count). The van der Waals surface area contributed by atoms with Gasteiger partial charge in [0.2, 0.25) is 0 Å². The molecule has 1 aromatic carbocycles. The molecule has 3 heteroatoms. The van der Waals surface area contributed by atoms with E-state index in [1.165, 1.54) is 34.8 Å². The van der Waals surface area contributed by atoms with Crippen LogP contribution in [-0.2, 0) is 6.54 Å². The third-order valence-electron chi connectivity index (χ3n) is 4.11. The zero-order valence-corrected chi connectivity index (χ0v) is 13.5. The lowest BCUT2D eigenvalue weighted by Gasteiger charge is -2.37. The molecule has 0 amide bonds. The Bertz CT molecular complexity index is 378. The van der Waals surface area contributed by atoms with Crippen molar-refractivity contribution in [2.24, 2.45) is 0 Å². The molecule has 2 aliphatic rings. The number of halogens is 2. The Balaban J connectivity index is 1.72. The van der Waals surface area contributed by atoms with Crippen molar-refractivity contribution in [3.63, 3.8) is 0 Å². The molecule has 2 aliphatic heterocycles. The molecule has 0 aliphatic carbocycles. The second kappa shape index (κ2) is 5.17. The maximum absolute atomic E-state index is 3.80. The van der Waals surface area contributed by atoms with Gasteiger partial charge in [-0.3, -0.25) is 4.90 Å². The molecule has 0 spiro atoms. The van der Waals surface area contributed by atoms with Crippen molar-refractivity contribution in [2.75, 3.05) is 0 Å². The summed E-state index contributed by atoms with van der Waals surface area (Å²) in [5, 5.41) is 0. The Morgan fingerprint density at radius 3 is 2.29 bits per heavy atom. The van der Waals surface area contributed by atoms with Gasteiger partial charge >= 0.3 is 0 Å². The van der Waals surface area contributed by atoms with E-state index in [1.807, 2.05) is 0 Å². The first-order chi connectivity index (χ1) is 8.22. The van der Waals surface area contributed by atoms with Crippen molar-refractivity contribution in [3.05, 3.63) is 33.4 Å². The Labute approximate surface area is 125 Å². The predicted octanol–water partition coefficient (Wildman–Crippen LogP) is 4.18. The number of hydrogen-bond donors (Lipinski definition) is 0. The third-order valence-corrected chi connectivity index (χ3v) is 5.57. The first kappa shape index (κ1) is 12.4. The van der Waals surface area contributed by atoms with Crippen molar-refractivity contribution in [1.29, 1.82) is 0 Å². The average Bonchev–Trinajstić information content (AvgIpc) is 2.56. The number of hydrogen-bond acceptors (Lipinski definition) is 1. The molecular weight excluding hydrogens is 389 g/mol. The Morgan fingerprint density at radius 1 is 1.12 bits per heavy atom. The van der Waals surface area contributed by atoms with Gasteiger partial charge in [-0.1, -0.05) is 28.1 Å². The van der Waals surface area contributed by atoms with Gasteiger partial charge in [-0.15, -0.1) is 0 Å². The Morgan fingerprint density at radius 2 is 1.71 bits per heavy atom. The summed E-state index contributed by atoms with van der Waals surface area (Å²) in [6.07, 6.45) is 5.47. The summed E-state index contributed by atoms with van der Waals surface area (Å²) in [6, 6.07) is 10.6. The monoisotopic (exact) mass is 405 g/mol. The van der Waals surface area contributed by atoms with Crippen molar-refractivity contribution in [1.82, 2.24) is 4.90 Å². The quantitative estimate of drug-likeness (QED) is 0.527. The zero-order valence-electron chi connectivity index (χ0n) is 9.78. The summed E-state index contributed by atoms with van der Waals surface area (Å²) in [7, 11) is 0. The van der Waals surface area contributed by atoms with E-state index in [0.29, 0.717) is 0 Å². The van der Waals surface area contributed by atoms with Gasteiger partial charge in [0.1, 0.15) is 0 Å². The first-order valence-electron chi connectivity index (χ1n) is 6.36. The molecule has 17 heavy (non-hydrogen) atoms. The second-order valence-electron chi connectivity index (χ2n) is 5.25. The van der Waals surface area contributed by atoms with Crippen molar-refractivity contribution >= 4 is 38.5 Å². The van der Waals surface area contributed by atoms with Gasteiger partial charge in [0, 0.05) is 27.0 Å². The van der Waals surface area contributed by atoms with Crippen LogP contribution in [-0.4, -0.2) is 21.8 Å². The molecule has 1 aromatic rings. The molecule has 92 valence electrons. The minimum absolute atomic E-state index is 0.757. The molecule has 2 atom stereocenters. The molecule has 0 N–H and O–H groups in total. The van der Waals surface area contributed by atoms with Crippen LogP contribution in [0.1, 0.15) is 31.2 Å². The van der Waals surface area contributed by atoms with Crippen LogP contribution in [0.25, 0.3) is 0 Å². The fourth-order valence-corrected chi connectivity index (χ4v) is 4.49. The Kier molecular flexibility index (Phi) is 3.78. The Hall–Kier alpha value is 0.390. The predicted molar refractivity (Wildman–Crippen MR) is 83.5 cm³/mol. The molecule has 1 nitrogen and oxygen atoms in total. The smallest absolute Gasteiger partial charge is 0.0239 e. The molecule has 0 radical (unpaired) electrons. The highest BCUT2D eigenvalue weighted by Crippen LogP contribution is 2.39. The molecule has 2 unspecified atom stereocenters. The number of piperidine rings is 1. The topological polar surface area (TPSA) is 3.24 Å². The molecule has 2 heterocycles. The van der Waals surface area contributed by atoms with E-state index in [0.717, 1.165) is 23.5 Å². The molecular formula is C14H17BrIN.